The summed E-state index contributed by atoms with van der Waals surface area (Å²) in [5, 5.41) is 9.96. The normalized spacial score (nSPS) is 23.2. The number of likely N-dealkylation sites (tertiary alicyclic amines) is 1. The number of nitrogens with zero attached hydrogens (tertiary/aromatic N) is 1. The highest BCUT2D eigenvalue weighted by Crippen LogP contribution is 2.19. The summed E-state index contributed by atoms with van der Waals surface area (Å²) in [6, 6.07) is 0.283. The minimum absolute atomic E-state index is 0.0310. The van der Waals surface area contributed by atoms with Crippen molar-refractivity contribution in [2.75, 3.05) is 40.0 Å². The van der Waals surface area contributed by atoms with Crippen molar-refractivity contribution in [3.05, 3.63) is 0 Å². The van der Waals surface area contributed by atoms with Crippen molar-refractivity contribution in [1.29, 1.82) is 0 Å². The van der Waals surface area contributed by atoms with Crippen LogP contribution in [0.25, 0.3) is 0 Å². The summed E-state index contributed by atoms with van der Waals surface area (Å²) in [5.74, 6) is 0.631. The van der Waals surface area contributed by atoms with E-state index < -0.39 is 6.10 Å². The summed E-state index contributed by atoms with van der Waals surface area (Å²) in [6.07, 6.45) is 1.87. The molecular weight excluding hydrogens is 244 g/mol. The fourth-order valence-corrected chi connectivity index (χ4v) is 2.57. The van der Waals surface area contributed by atoms with Gasteiger partial charge in [0.25, 0.3) is 0 Å². The summed E-state index contributed by atoms with van der Waals surface area (Å²) in [7, 11) is 1.65. The lowest BCUT2D eigenvalue weighted by molar-refractivity contribution is -0.0419. The molecule has 1 aliphatic heterocycles. The van der Waals surface area contributed by atoms with Gasteiger partial charge in [-0.15, -0.1) is 0 Å². The van der Waals surface area contributed by atoms with Crippen molar-refractivity contribution in [2.24, 2.45) is 11.7 Å². The van der Waals surface area contributed by atoms with E-state index in [1.165, 1.54) is 0 Å². The van der Waals surface area contributed by atoms with Crippen LogP contribution in [0.15, 0.2) is 0 Å². The third-order valence-corrected chi connectivity index (χ3v) is 3.82. The molecule has 3 unspecified atom stereocenters. The number of aliphatic hydroxyl groups excluding tert-OH is 1. The zero-order valence-corrected chi connectivity index (χ0v) is 12.5. The highest BCUT2D eigenvalue weighted by Gasteiger charge is 2.23. The van der Waals surface area contributed by atoms with Gasteiger partial charge in [-0.25, -0.2) is 0 Å². The van der Waals surface area contributed by atoms with E-state index in [1.807, 2.05) is 6.92 Å². The molecule has 5 heteroatoms. The van der Waals surface area contributed by atoms with Crippen molar-refractivity contribution >= 4 is 0 Å². The molecule has 1 heterocycles. The molecule has 0 aliphatic carbocycles. The first-order valence-electron chi connectivity index (χ1n) is 7.29. The molecule has 3 atom stereocenters. The van der Waals surface area contributed by atoms with Gasteiger partial charge < -0.3 is 25.2 Å². The van der Waals surface area contributed by atoms with Gasteiger partial charge >= 0.3 is 0 Å². The zero-order valence-electron chi connectivity index (χ0n) is 12.5. The van der Waals surface area contributed by atoms with Crippen LogP contribution in [0.3, 0.4) is 0 Å². The first-order chi connectivity index (χ1) is 9.02. The van der Waals surface area contributed by atoms with E-state index in [9.17, 15) is 5.11 Å². The molecule has 0 aromatic carbocycles. The molecule has 1 aliphatic rings. The lowest BCUT2D eigenvalue weighted by Gasteiger charge is -2.34. The van der Waals surface area contributed by atoms with Crippen LogP contribution >= 0.6 is 0 Å². The molecule has 1 fully saturated rings. The van der Waals surface area contributed by atoms with Gasteiger partial charge in [0.15, 0.2) is 0 Å². The number of hydrogen-bond donors (Lipinski definition) is 2. The number of piperidine rings is 1. The highest BCUT2D eigenvalue weighted by atomic mass is 16.5. The van der Waals surface area contributed by atoms with E-state index in [0.29, 0.717) is 25.7 Å². The van der Waals surface area contributed by atoms with Crippen LogP contribution in [-0.4, -0.2) is 68.2 Å². The summed E-state index contributed by atoms with van der Waals surface area (Å²) in [6.45, 7) is 7.70. The van der Waals surface area contributed by atoms with Crippen LogP contribution < -0.4 is 5.73 Å². The molecule has 1 rings (SSSR count). The first-order valence-corrected chi connectivity index (χ1v) is 7.29. The molecule has 0 aromatic heterocycles. The van der Waals surface area contributed by atoms with Gasteiger partial charge in [-0.3, -0.25) is 0 Å². The van der Waals surface area contributed by atoms with Crippen LogP contribution in [0.5, 0.6) is 0 Å². The van der Waals surface area contributed by atoms with E-state index in [4.69, 9.17) is 15.2 Å². The second-order valence-corrected chi connectivity index (χ2v) is 5.75. The SMILES string of the molecule is COCC(C)OCC(O)CN1CCC(C(C)N)CC1. The van der Waals surface area contributed by atoms with E-state index in [0.717, 1.165) is 25.9 Å². The van der Waals surface area contributed by atoms with Crippen molar-refractivity contribution in [2.45, 2.75) is 44.9 Å². The largest absolute Gasteiger partial charge is 0.389 e. The van der Waals surface area contributed by atoms with Crippen LogP contribution in [0.4, 0.5) is 0 Å². The molecule has 1 saturated heterocycles. The van der Waals surface area contributed by atoms with Crippen molar-refractivity contribution in [3.8, 4) is 0 Å². The third kappa shape index (κ3) is 6.68. The van der Waals surface area contributed by atoms with Gasteiger partial charge in [-0.2, -0.15) is 0 Å². The number of aliphatic hydroxyl groups is 1. The lowest BCUT2D eigenvalue weighted by Crippen LogP contribution is -2.43. The Morgan fingerprint density at radius 1 is 1.26 bits per heavy atom. The second kappa shape index (κ2) is 8.87. The predicted molar refractivity (Wildman–Crippen MR) is 76.1 cm³/mol. The lowest BCUT2D eigenvalue weighted by atomic mass is 9.91. The minimum atomic E-state index is -0.425. The smallest absolute Gasteiger partial charge is 0.0900 e. The average molecular weight is 274 g/mol. The van der Waals surface area contributed by atoms with Gasteiger partial charge in [-0.1, -0.05) is 0 Å². The summed E-state index contributed by atoms with van der Waals surface area (Å²) < 4.78 is 10.5. The number of methoxy groups -OCH3 is 1. The number of hydrogen-bond acceptors (Lipinski definition) is 5. The first kappa shape index (κ1) is 16.9. The molecule has 5 nitrogen and oxygen atoms in total. The second-order valence-electron chi connectivity index (χ2n) is 5.75. The van der Waals surface area contributed by atoms with Gasteiger partial charge in [0.1, 0.15) is 0 Å². The molecule has 0 aromatic rings. The standard InChI is InChI=1S/C14H30N2O3/c1-11(9-18-3)19-10-14(17)8-16-6-4-13(5-7-16)12(2)15/h11-14,17H,4-10,15H2,1-3H3. The molecule has 3 N–H and O–H groups in total. The van der Waals surface area contributed by atoms with E-state index in [2.05, 4.69) is 11.8 Å². The Balaban J connectivity index is 2.14. The Hall–Kier alpha value is -0.200. The van der Waals surface area contributed by atoms with Crippen LogP contribution in [0, 0.1) is 5.92 Å². The van der Waals surface area contributed by atoms with Crippen LogP contribution in [0.1, 0.15) is 26.7 Å². The number of nitrogens with two attached hydrogens (primary N) is 1. The maximum atomic E-state index is 9.96. The van der Waals surface area contributed by atoms with Gasteiger partial charge in [0, 0.05) is 19.7 Å². The number of β-amino-alcohol motifs (C(OH)–C–C–N with tert-alkyl or cyclic N) is 1. The van der Waals surface area contributed by atoms with Crippen molar-refractivity contribution in [3.63, 3.8) is 0 Å². The van der Waals surface area contributed by atoms with E-state index in [-0.39, 0.29) is 12.1 Å². The molecule has 114 valence electrons. The minimum Gasteiger partial charge on any atom is -0.389 e. The molecule has 0 saturated carbocycles. The Kier molecular flexibility index (Phi) is 7.87. The summed E-state index contributed by atoms with van der Waals surface area (Å²) in [4.78, 5) is 2.30. The molecule has 0 spiro atoms. The number of rotatable bonds is 8. The van der Waals surface area contributed by atoms with E-state index in [1.54, 1.807) is 7.11 Å². The fraction of sp³-hybridized carbons (Fsp3) is 1.00. The van der Waals surface area contributed by atoms with Crippen LogP contribution in [0.2, 0.25) is 0 Å². The maximum Gasteiger partial charge on any atom is 0.0900 e. The summed E-state index contributed by atoms with van der Waals surface area (Å²) >= 11 is 0. The van der Waals surface area contributed by atoms with Crippen molar-refractivity contribution < 1.29 is 14.6 Å². The monoisotopic (exact) mass is 274 g/mol. The Morgan fingerprint density at radius 3 is 2.42 bits per heavy atom. The fourth-order valence-electron chi connectivity index (χ4n) is 2.57. The van der Waals surface area contributed by atoms with Gasteiger partial charge in [0.05, 0.1) is 25.4 Å². The molecule has 0 radical (unpaired) electrons. The molecule has 0 bridgehead atoms. The van der Waals surface area contributed by atoms with Gasteiger partial charge in [0.2, 0.25) is 0 Å². The predicted octanol–water partition coefficient (Wildman–Crippen LogP) is 0.458. The molecular formula is C14H30N2O3. The zero-order chi connectivity index (χ0) is 14.3. The average Bonchev–Trinajstić information content (AvgIpc) is 2.37. The Labute approximate surface area is 117 Å². The van der Waals surface area contributed by atoms with Crippen LogP contribution in [-0.2, 0) is 9.47 Å². The summed E-state index contributed by atoms with van der Waals surface area (Å²) in [5.41, 5.74) is 5.92. The Bertz CT molecular complexity index is 231. The Morgan fingerprint density at radius 2 is 1.89 bits per heavy atom. The van der Waals surface area contributed by atoms with Gasteiger partial charge in [-0.05, 0) is 45.7 Å². The number of ether oxygens (including phenoxy) is 2. The quantitative estimate of drug-likeness (QED) is 0.673. The third-order valence-electron chi connectivity index (χ3n) is 3.82. The van der Waals surface area contributed by atoms with Crippen molar-refractivity contribution in [1.82, 2.24) is 4.90 Å². The maximum absolute atomic E-state index is 9.96. The highest BCUT2D eigenvalue weighted by molar-refractivity contribution is 4.78. The van der Waals surface area contributed by atoms with E-state index >= 15 is 0 Å². The molecule has 0 amide bonds. The topological polar surface area (TPSA) is 68.0 Å². The molecule has 19 heavy (non-hydrogen) atoms.